The van der Waals surface area contributed by atoms with Crippen LogP contribution in [-0.4, -0.2) is 71.3 Å². The van der Waals surface area contributed by atoms with E-state index >= 15 is 0 Å². The monoisotopic (exact) mass is 442 g/mol. The van der Waals surface area contributed by atoms with Crippen molar-refractivity contribution in [1.82, 2.24) is 9.80 Å². The molecule has 1 aliphatic rings. The maximum Gasteiger partial charge on any atom is 0.414 e. The molecule has 1 aliphatic heterocycles. The van der Waals surface area contributed by atoms with Gasteiger partial charge in [0, 0.05) is 32.7 Å². The lowest BCUT2D eigenvalue weighted by molar-refractivity contribution is -0.159. The number of ether oxygens (including phenoxy) is 1. The number of hydrogen-bond acceptors (Lipinski definition) is 5. The molecule has 0 radical (unpaired) electrons. The van der Waals surface area contributed by atoms with E-state index < -0.39 is 11.9 Å². The van der Waals surface area contributed by atoms with Crippen LogP contribution in [0.4, 0.5) is 0 Å². The lowest BCUT2D eigenvalue weighted by atomic mass is 10.2. The first-order chi connectivity index (χ1) is 15.5. The third-order valence-corrected chi connectivity index (χ3v) is 5.34. The molecule has 7 heteroatoms. The van der Waals surface area contributed by atoms with Gasteiger partial charge in [-0.1, -0.05) is 49.4 Å². The number of nitrogens with zero attached hydrogens (tertiary/aromatic N) is 2. The first-order valence-corrected chi connectivity index (χ1v) is 11.1. The smallest absolute Gasteiger partial charge is 0.414 e. The molecule has 0 saturated carbocycles. The molecule has 2 aromatic carbocycles. The van der Waals surface area contributed by atoms with Gasteiger partial charge in [-0.05, 0) is 49.1 Å². The quantitative estimate of drug-likeness (QED) is 0.454. The number of piperazine rings is 1. The Kier molecular flexibility index (Phi) is 11.3. The van der Waals surface area contributed by atoms with Gasteiger partial charge in [0.05, 0.1) is 6.61 Å². The van der Waals surface area contributed by atoms with Crippen LogP contribution in [0, 0.1) is 0 Å². The normalized spacial score (nSPS) is 14.3. The Bertz CT molecular complexity index is 808. The van der Waals surface area contributed by atoms with Crippen LogP contribution in [0.1, 0.15) is 30.9 Å². The highest BCUT2D eigenvalue weighted by molar-refractivity contribution is 6.27. The lowest BCUT2D eigenvalue weighted by Crippen LogP contribution is -2.46. The molecule has 1 fully saturated rings. The minimum absolute atomic E-state index is 0.821. The average Bonchev–Trinajstić information content (AvgIpc) is 2.81. The fraction of sp³-hybridized carbons (Fsp3) is 0.440. The molecule has 7 nitrogen and oxygen atoms in total. The maximum atomic E-state index is 9.10. The molecule has 0 unspecified atom stereocenters. The average molecular weight is 443 g/mol. The Hall–Kier alpha value is -2.90. The van der Waals surface area contributed by atoms with Crippen LogP contribution in [0.5, 0.6) is 5.75 Å². The van der Waals surface area contributed by atoms with Gasteiger partial charge in [-0.2, -0.15) is 0 Å². The summed E-state index contributed by atoms with van der Waals surface area (Å²) in [6.45, 7) is 10.00. The topological polar surface area (TPSA) is 90.3 Å². The van der Waals surface area contributed by atoms with Gasteiger partial charge in [-0.3, -0.25) is 4.90 Å². The van der Waals surface area contributed by atoms with Gasteiger partial charge in [0.15, 0.2) is 0 Å². The molecule has 1 heterocycles. The molecule has 0 amide bonds. The van der Waals surface area contributed by atoms with Crippen molar-refractivity contribution in [3.8, 4) is 5.75 Å². The van der Waals surface area contributed by atoms with Crippen molar-refractivity contribution in [2.75, 3.05) is 39.3 Å². The van der Waals surface area contributed by atoms with Crippen LogP contribution >= 0.6 is 0 Å². The number of unbranched alkanes of at least 4 members (excludes halogenated alkanes) is 1. The summed E-state index contributed by atoms with van der Waals surface area (Å²) in [6.07, 6.45) is 3.40. The van der Waals surface area contributed by atoms with Crippen molar-refractivity contribution < 1.29 is 24.5 Å². The number of carboxylic acid groups (broad SMARTS) is 2. The van der Waals surface area contributed by atoms with Gasteiger partial charge in [0.2, 0.25) is 0 Å². The summed E-state index contributed by atoms with van der Waals surface area (Å²) in [6, 6.07) is 19.3. The van der Waals surface area contributed by atoms with Crippen molar-refractivity contribution in [3.05, 3.63) is 65.7 Å². The number of hydrogen-bond donors (Lipinski definition) is 2. The molecular weight excluding hydrogens is 408 g/mol. The van der Waals surface area contributed by atoms with E-state index in [-0.39, 0.29) is 0 Å². The van der Waals surface area contributed by atoms with E-state index in [4.69, 9.17) is 24.5 Å². The lowest BCUT2D eigenvalue weighted by Gasteiger charge is -2.34. The van der Waals surface area contributed by atoms with Crippen LogP contribution in [0.25, 0.3) is 0 Å². The molecule has 3 rings (SSSR count). The molecular formula is C25H34N2O5. The largest absolute Gasteiger partial charge is 0.494 e. The van der Waals surface area contributed by atoms with E-state index in [2.05, 4.69) is 71.3 Å². The molecule has 0 bridgehead atoms. The summed E-state index contributed by atoms with van der Waals surface area (Å²) in [7, 11) is 0. The van der Waals surface area contributed by atoms with Crippen molar-refractivity contribution in [2.45, 2.75) is 32.7 Å². The van der Waals surface area contributed by atoms with E-state index in [0.29, 0.717) is 0 Å². The number of aliphatic carboxylic acids is 2. The Morgan fingerprint density at radius 3 is 2.09 bits per heavy atom. The number of carbonyl (C=O) groups is 2. The van der Waals surface area contributed by atoms with Gasteiger partial charge in [-0.15, -0.1) is 0 Å². The zero-order valence-corrected chi connectivity index (χ0v) is 18.8. The number of aryl methyl sites for hydroxylation is 1. The summed E-state index contributed by atoms with van der Waals surface area (Å²) in [4.78, 5) is 23.4. The van der Waals surface area contributed by atoms with Crippen LogP contribution < -0.4 is 4.74 Å². The van der Waals surface area contributed by atoms with Crippen LogP contribution in [0.3, 0.4) is 0 Å². The number of benzene rings is 2. The Labute approximate surface area is 190 Å². The van der Waals surface area contributed by atoms with Gasteiger partial charge < -0.3 is 19.8 Å². The highest BCUT2D eigenvalue weighted by atomic mass is 16.5. The second-order valence-corrected chi connectivity index (χ2v) is 7.77. The Balaban J connectivity index is 0.000000534. The molecule has 32 heavy (non-hydrogen) atoms. The molecule has 2 N–H and O–H groups in total. The third-order valence-electron chi connectivity index (χ3n) is 5.34. The first-order valence-electron chi connectivity index (χ1n) is 11.1. The van der Waals surface area contributed by atoms with Crippen LogP contribution in [0.2, 0.25) is 0 Å². The van der Waals surface area contributed by atoms with E-state index in [9.17, 15) is 0 Å². The Morgan fingerprint density at radius 2 is 1.47 bits per heavy atom. The summed E-state index contributed by atoms with van der Waals surface area (Å²) >= 11 is 0. The van der Waals surface area contributed by atoms with Gasteiger partial charge in [0.25, 0.3) is 0 Å². The van der Waals surface area contributed by atoms with Crippen LogP contribution in [-0.2, 0) is 22.6 Å². The van der Waals surface area contributed by atoms with Crippen LogP contribution in [0.15, 0.2) is 54.6 Å². The predicted octanol–water partition coefficient (Wildman–Crippen LogP) is 3.38. The highest BCUT2D eigenvalue weighted by Crippen LogP contribution is 2.14. The zero-order chi connectivity index (χ0) is 23.2. The highest BCUT2D eigenvalue weighted by Gasteiger charge is 2.16. The van der Waals surface area contributed by atoms with Crippen molar-refractivity contribution in [3.63, 3.8) is 0 Å². The summed E-state index contributed by atoms with van der Waals surface area (Å²) in [5.41, 5.74) is 2.76. The van der Waals surface area contributed by atoms with Gasteiger partial charge in [0.1, 0.15) is 5.75 Å². The molecule has 2 aromatic rings. The van der Waals surface area contributed by atoms with Crippen molar-refractivity contribution in [1.29, 1.82) is 0 Å². The molecule has 0 atom stereocenters. The minimum atomic E-state index is -1.82. The molecule has 0 aromatic heterocycles. The van der Waals surface area contributed by atoms with Crippen molar-refractivity contribution >= 4 is 11.9 Å². The fourth-order valence-electron chi connectivity index (χ4n) is 3.50. The van der Waals surface area contributed by atoms with Crippen molar-refractivity contribution in [2.24, 2.45) is 0 Å². The number of rotatable bonds is 9. The molecule has 1 saturated heterocycles. The SMILES string of the molecule is CCc1cccc(OCCCCN2CCN(Cc3ccccc3)CC2)c1.O=C(O)C(=O)O. The summed E-state index contributed by atoms with van der Waals surface area (Å²) < 4.78 is 5.89. The van der Waals surface area contributed by atoms with E-state index in [1.165, 1.54) is 50.3 Å². The van der Waals surface area contributed by atoms with Gasteiger partial charge in [-0.25, -0.2) is 9.59 Å². The predicted molar refractivity (Wildman–Crippen MR) is 124 cm³/mol. The molecule has 0 spiro atoms. The maximum absolute atomic E-state index is 9.10. The first kappa shape index (κ1) is 25.4. The number of carboxylic acids is 2. The standard InChI is InChI=1S/C23H32N2O.C2H2O4/c1-2-21-11-8-12-23(19-21)26-18-7-6-13-24-14-16-25(17-15-24)20-22-9-4-3-5-10-22;3-1(4)2(5)6/h3-5,8-12,19H,2,6-7,13-18,20H2,1H3;(H,3,4)(H,5,6). The van der Waals surface area contributed by atoms with E-state index in [1.54, 1.807) is 0 Å². The minimum Gasteiger partial charge on any atom is -0.494 e. The van der Waals surface area contributed by atoms with E-state index in [0.717, 1.165) is 31.7 Å². The van der Waals surface area contributed by atoms with Gasteiger partial charge >= 0.3 is 11.9 Å². The molecule has 174 valence electrons. The zero-order valence-electron chi connectivity index (χ0n) is 18.8. The summed E-state index contributed by atoms with van der Waals surface area (Å²) in [5.74, 6) is -2.64. The fourth-order valence-corrected chi connectivity index (χ4v) is 3.50. The van der Waals surface area contributed by atoms with E-state index in [1.807, 2.05) is 0 Å². The second kappa shape index (κ2) is 14.2. The third kappa shape index (κ3) is 9.94. The molecule has 0 aliphatic carbocycles. The summed E-state index contributed by atoms with van der Waals surface area (Å²) in [5, 5.41) is 14.8. The Morgan fingerprint density at radius 1 is 0.844 bits per heavy atom. The second-order valence-electron chi connectivity index (χ2n) is 7.77.